The van der Waals surface area contributed by atoms with E-state index in [0.717, 1.165) is 37.2 Å². The number of aliphatic hydroxyl groups excluding tert-OH is 1. The second-order valence-corrected chi connectivity index (χ2v) is 7.04. The van der Waals surface area contributed by atoms with Crippen molar-refractivity contribution in [3.05, 3.63) is 34.9 Å². The van der Waals surface area contributed by atoms with E-state index in [1.54, 1.807) is 0 Å². The lowest BCUT2D eigenvalue weighted by Gasteiger charge is -2.44. The molecule has 0 aromatic heterocycles. The van der Waals surface area contributed by atoms with Gasteiger partial charge in [0.2, 0.25) is 0 Å². The lowest BCUT2D eigenvalue weighted by Crippen LogP contribution is -2.40. The van der Waals surface area contributed by atoms with Gasteiger partial charge in [-0.15, -0.1) is 0 Å². The Labute approximate surface area is 127 Å². The predicted molar refractivity (Wildman–Crippen MR) is 84.7 cm³/mol. The van der Waals surface area contributed by atoms with Crippen LogP contribution in [0.1, 0.15) is 51.2 Å². The fourth-order valence-corrected chi connectivity index (χ4v) is 3.70. The summed E-state index contributed by atoms with van der Waals surface area (Å²) >= 11 is 6.04. The zero-order chi connectivity index (χ0) is 14.8. The Morgan fingerprint density at radius 1 is 1.35 bits per heavy atom. The molecule has 1 aromatic carbocycles. The summed E-state index contributed by atoms with van der Waals surface area (Å²) in [5, 5.41) is 11.5. The lowest BCUT2D eigenvalue weighted by molar-refractivity contribution is -0.0148. The third-order valence-corrected chi connectivity index (χ3v) is 5.35. The largest absolute Gasteiger partial charge is 0.388 e. The summed E-state index contributed by atoms with van der Waals surface area (Å²) in [6.07, 6.45) is 3.80. The SMILES string of the molecule is CC(C)C1CCC(CN)(C(O)c2cccc(Cl)c2)CC1. The minimum Gasteiger partial charge on any atom is -0.388 e. The first-order valence-electron chi connectivity index (χ1n) is 7.62. The standard InChI is InChI=1S/C17H26ClNO/c1-12(2)13-6-8-17(11-19,9-7-13)16(20)14-4-3-5-15(18)10-14/h3-5,10,12-13,16,20H,6-9,11,19H2,1-2H3. The Balaban J connectivity index is 2.16. The van der Waals surface area contributed by atoms with E-state index < -0.39 is 6.10 Å². The van der Waals surface area contributed by atoms with Crippen LogP contribution in [0.2, 0.25) is 5.02 Å². The minimum absolute atomic E-state index is 0.184. The smallest absolute Gasteiger partial charge is 0.0858 e. The molecule has 0 spiro atoms. The van der Waals surface area contributed by atoms with Crippen LogP contribution in [-0.4, -0.2) is 11.7 Å². The predicted octanol–water partition coefficient (Wildman–Crippen LogP) is 4.16. The van der Waals surface area contributed by atoms with Gasteiger partial charge in [0.25, 0.3) is 0 Å². The summed E-state index contributed by atoms with van der Waals surface area (Å²) in [4.78, 5) is 0. The van der Waals surface area contributed by atoms with E-state index in [0.29, 0.717) is 17.5 Å². The molecule has 0 aliphatic heterocycles. The quantitative estimate of drug-likeness (QED) is 0.876. The van der Waals surface area contributed by atoms with Crippen molar-refractivity contribution in [2.45, 2.75) is 45.6 Å². The summed E-state index contributed by atoms with van der Waals surface area (Å²) in [5.74, 6) is 1.48. The van der Waals surface area contributed by atoms with E-state index in [1.807, 2.05) is 24.3 Å². The normalized spacial score (nSPS) is 28.6. The maximum atomic E-state index is 10.8. The average molecular weight is 296 g/mol. The Morgan fingerprint density at radius 3 is 2.50 bits per heavy atom. The summed E-state index contributed by atoms with van der Waals surface area (Å²) in [7, 11) is 0. The number of hydrogen-bond donors (Lipinski definition) is 2. The van der Waals surface area contributed by atoms with Crippen LogP contribution >= 0.6 is 11.6 Å². The van der Waals surface area contributed by atoms with Crippen LogP contribution in [0, 0.1) is 17.3 Å². The van der Waals surface area contributed by atoms with Gasteiger partial charge in [-0.2, -0.15) is 0 Å². The van der Waals surface area contributed by atoms with Crippen LogP contribution in [0.3, 0.4) is 0 Å². The first kappa shape index (κ1) is 15.8. The van der Waals surface area contributed by atoms with Crippen LogP contribution in [0.5, 0.6) is 0 Å². The highest BCUT2D eigenvalue weighted by molar-refractivity contribution is 6.30. The van der Waals surface area contributed by atoms with Crippen molar-refractivity contribution in [1.82, 2.24) is 0 Å². The Kier molecular flexibility index (Phi) is 5.11. The maximum Gasteiger partial charge on any atom is 0.0858 e. The number of nitrogens with two attached hydrogens (primary N) is 1. The molecule has 2 nitrogen and oxygen atoms in total. The molecule has 0 bridgehead atoms. The molecule has 0 heterocycles. The molecule has 3 heteroatoms. The van der Waals surface area contributed by atoms with E-state index in [-0.39, 0.29) is 5.41 Å². The topological polar surface area (TPSA) is 46.2 Å². The summed E-state index contributed by atoms with van der Waals surface area (Å²) in [6, 6.07) is 7.54. The zero-order valence-corrected chi connectivity index (χ0v) is 13.2. The van der Waals surface area contributed by atoms with E-state index in [4.69, 9.17) is 17.3 Å². The fourth-order valence-electron chi connectivity index (χ4n) is 3.50. The van der Waals surface area contributed by atoms with Crippen LogP contribution in [-0.2, 0) is 0 Å². The lowest BCUT2D eigenvalue weighted by atomic mass is 9.64. The van der Waals surface area contributed by atoms with Gasteiger partial charge in [-0.1, -0.05) is 37.6 Å². The number of benzene rings is 1. The van der Waals surface area contributed by atoms with Crippen molar-refractivity contribution < 1.29 is 5.11 Å². The molecule has 2 rings (SSSR count). The highest BCUT2D eigenvalue weighted by Crippen LogP contribution is 2.48. The highest BCUT2D eigenvalue weighted by atomic mass is 35.5. The summed E-state index contributed by atoms with van der Waals surface area (Å²) in [5.41, 5.74) is 6.75. The Hall–Kier alpha value is -0.570. The molecule has 0 amide bonds. The molecule has 1 saturated carbocycles. The monoisotopic (exact) mass is 295 g/mol. The van der Waals surface area contributed by atoms with Crippen molar-refractivity contribution in [1.29, 1.82) is 0 Å². The first-order valence-corrected chi connectivity index (χ1v) is 8.00. The van der Waals surface area contributed by atoms with Crippen LogP contribution in [0.25, 0.3) is 0 Å². The summed E-state index contributed by atoms with van der Waals surface area (Å²) < 4.78 is 0. The van der Waals surface area contributed by atoms with Crippen molar-refractivity contribution in [2.24, 2.45) is 23.0 Å². The number of rotatable bonds is 4. The van der Waals surface area contributed by atoms with Gasteiger partial charge in [0.15, 0.2) is 0 Å². The summed E-state index contributed by atoms with van der Waals surface area (Å²) in [6.45, 7) is 5.10. The molecule has 1 fully saturated rings. The molecule has 1 atom stereocenters. The third kappa shape index (κ3) is 3.19. The molecule has 1 aliphatic carbocycles. The molecule has 0 saturated heterocycles. The van der Waals surface area contributed by atoms with Crippen molar-refractivity contribution >= 4 is 11.6 Å². The molecule has 1 aromatic rings. The van der Waals surface area contributed by atoms with Gasteiger partial charge < -0.3 is 10.8 Å². The van der Waals surface area contributed by atoms with Crippen LogP contribution in [0.15, 0.2) is 24.3 Å². The van der Waals surface area contributed by atoms with Crippen molar-refractivity contribution in [3.8, 4) is 0 Å². The average Bonchev–Trinajstić information content (AvgIpc) is 2.46. The van der Waals surface area contributed by atoms with E-state index in [2.05, 4.69) is 13.8 Å². The van der Waals surface area contributed by atoms with Gasteiger partial charge >= 0.3 is 0 Å². The van der Waals surface area contributed by atoms with Gasteiger partial charge in [0.05, 0.1) is 6.10 Å². The molecule has 0 radical (unpaired) electrons. The van der Waals surface area contributed by atoms with Crippen LogP contribution < -0.4 is 5.73 Å². The molecule has 112 valence electrons. The van der Waals surface area contributed by atoms with Crippen molar-refractivity contribution in [3.63, 3.8) is 0 Å². The fraction of sp³-hybridized carbons (Fsp3) is 0.647. The van der Waals surface area contributed by atoms with Gasteiger partial charge in [-0.3, -0.25) is 0 Å². The minimum atomic E-state index is -0.515. The van der Waals surface area contributed by atoms with Gasteiger partial charge in [0, 0.05) is 17.0 Å². The van der Waals surface area contributed by atoms with E-state index in [1.165, 1.54) is 0 Å². The molecular weight excluding hydrogens is 270 g/mol. The second-order valence-electron chi connectivity index (χ2n) is 6.61. The second kappa shape index (κ2) is 6.46. The molecule has 1 aliphatic rings. The van der Waals surface area contributed by atoms with Gasteiger partial charge in [-0.05, 0) is 55.2 Å². The van der Waals surface area contributed by atoms with Gasteiger partial charge in [-0.25, -0.2) is 0 Å². The number of halogens is 1. The Bertz CT molecular complexity index is 438. The zero-order valence-electron chi connectivity index (χ0n) is 12.5. The number of hydrogen-bond acceptors (Lipinski definition) is 2. The first-order chi connectivity index (χ1) is 9.48. The molecule has 20 heavy (non-hydrogen) atoms. The third-order valence-electron chi connectivity index (χ3n) is 5.12. The molecule has 1 unspecified atom stereocenters. The van der Waals surface area contributed by atoms with E-state index >= 15 is 0 Å². The maximum absolute atomic E-state index is 10.8. The van der Waals surface area contributed by atoms with Crippen LogP contribution in [0.4, 0.5) is 0 Å². The van der Waals surface area contributed by atoms with Gasteiger partial charge in [0.1, 0.15) is 0 Å². The Morgan fingerprint density at radius 2 is 2.00 bits per heavy atom. The molecule has 3 N–H and O–H groups in total. The van der Waals surface area contributed by atoms with E-state index in [9.17, 15) is 5.11 Å². The highest BCUT2D eigenvalue weighted by Gasteiger charge is 2.41. The van der Waals surface area contributed by atoms with Crippen molar-refractivity contribution in [2.75, 3.05) is 6.54 Å². The number of aliphatic hydroxyl groups is 1. The molecular formula is C17H26ClNO.